The van der Waals surface area contributed by atoms with E-state index in [4.69, 9.17) is 16.3 Å². The highest BCUT2D eigenvalue weighted by atomic mass is 35.5. The van der Waals surface area contributed by atoms with Crippen molar-refractivity contribution in [3.8, 4) is 5.75 Å². The van der Waals surface area contributed by atoms with Gasteiger partial charge >= 0.3 is 0 Å². The molecule has 1 amide bonds. The number of sulfonamides is 1. The van der Waals surface area contributed by atoms with E-state index in [0.717, 1.165) is 12.8 Å². The summed E-state index contributed by atoms with van der Waals surface area (Å²) in [4.78, 5) is 26.5. The zero-order chi connectivity index (χ0) is 25.9. The molecule has 1 saturated heterocycles. The molecule has 188 valence electrons. The van der Waals surface area contributed by atoms with Crippen molar-refractivity contribution in [2.75, 3.05) is 25.5 Å². The molecule has 4 rings (SSSR count). The van der Waals surface area contributed by atoms with Crippen LogP contribution in [0.15, 0.2) is 71.6 Å². The summed E-state index contributed by atoms with van der Waals surface area (Å²) in [6.45, 7) is 2.98. The van der Waals surface area contributed by atoms with Crippen LogP contribution in [-0.2, 0) is 10.0 Å². The Balaban J connectivity index is 1.66. The zero-order valence-electron chi connectivity index (χ0n) is 20.0. The van der Waals surface area contributed by atoms with E-state index in [1.807, 2.05) is 0 Å². The van der Waals surface area contributed by atoms with Gasteiger partial charge in [-0.3, -0.25) is 9.59 Å². The van der Waals surface area contributed by atoms with E-state index >= 15 is 0 Å². The van der Waals surface area contributed by atoms with Gasteiger partial charge in [0.1, 0.15) is 5.75 Å². The summed E-state index contributed by atoms with van der Waals surface area (Å²) in [7, 11) is -2.37. The van der Waals surface area contributed by atoms with Crippen molar-refractivity contribution in [2.45, 2.75) is 24.7 Å². The Morgan fingerprint density at radius 3 is 2.33 bits per heavy atom. The highest BCUT2D eigenvalue weighted by Gasteiger charge is 2.29. The summed E-state index contributed by atoms with van der Waals surface area (Å²) >= 11 is 6.15. The fourth-order valence-electron chi connectivity index (χ4n) is 4.15. The molecule has 1 fully saturated rings. The van der Waals surface area contributed by atoms with Gasteiger partial charge in [-0.25, -0.2) is 8.42 Å². The van der Waals surface area contributed by atoms with Crippen LogP contribution in [0.1, 0.15) is 46.0 Å². The van der Waals surface area contributed by atoms with Crippen molar-refractivity contribution >= 4 is 39.0 Å². The van der Waals surface area contributed by atoms with Gasteiger partial charge in [-0.2, -0.15) is 4.31 Å². The van der Waals surface area contributed by atoms with Gasteiger partial charge in [-0.05, 0) is 55.2 Å². The van der Waals surface area contributed by atoms with Gasteiger partial charge in [0.2, 0.25) is 10.0 Å². The lowest BCUT2D eigenvalue weighted by Gasteiger charge is -2.29. The van der Waals surface area contributed by atoms with Gasteiger partial charge in [0, 0.05) is 29.2 Å². The molecule has 3 aromatic rings. The van der Waals surface area contributed by atoms with E-state index in [9.17, 15) is 18.0 Å². The smallest absolute Gasteiger partial charge is 0.259 e. The average Bonchev–Trinajstić information content (AvgIpc) is 2.89. The molecule has 0 spiro atoms. The van der Waals surface area contributed by atoms with Crippen LogP contribution in [0.2, 0.25) is 5.02 Å². The summed E-state index contributed by atoms with van der Waals surface area (Å²) in [5.41, 5.74) is 0.944. The predicted molar refractivity (Wildman–Crippen MR) is 139 cm³/mol. The van der Waals surface area contributed by atoms with Gasteiger partial charge in [0.25, 0.3) is 5.91 Å². The first-order chi connectivity index (χ1) is 17.2. The lowest BCUT2D eigenvalue weighted by Crippen LogP contribution is -2.38. The summed E-state index contributed by atoms with van der Waals surface area (Å²) in [5, 5.41) is 3.08. The number of hydrogen-bond donors (Lipinski definition) is 1. The first-order valence-electron chi connectivity index (χ1n) is 11.6. The minimum Gasteiger partial charge on any atom is -0.496 e. The molecule has 36 heavy (non-hydrogen) atoms. The van der Waals surface area contributed by atoms with Crippen LogP contribution >= 0.6 is 11.6 Å². The fourth-order valence-corrected chi connectivity index (χ4v) is 5.82. The van der Waals surface area contributed by atoms with Crippen molar-refractivity contribution in [2.24, 2.45) is 5.92 Å². The van der Waals surface area contributed by atoms with E-state index in [0.29, 0.717) is 29.6 Å². The van der Waals surface area contributed by atoms with Crippen LogP contribution in [0.3, 0.4) is 0 Å². The normalized spacial score (nSPS) is 14.9. The molecule has 0 aliphatic carbocycles. The van der Waals surface area contributed by atoms with E-state index in [1.54, 1.807) is 42.5 Å². The van der Waals surface area contributed by atoms with Gasteiger partial charge < -0.3 is 10.1 Å². The number of carbonyl (C=O) groups excluding carboxylic acids is 2. The number of amides is 1. The van der Waals surface area contributed by atoms with Gasteiger partial charge in [0.15, 0.2) is 5.78 Å². The third-order valence-corrected chi connectivity index (χ3v) is 8.44. The molecule has 0 unspecified atom stereocenters. The first kappa shape index (κ1) is 25.9. The largest absolute Gasteiger partial charge is 0.496 e. The quantitative estimate of drug-likeness (QED) is 0.424. The maximum atomic E-state index is 13.3. The van der Waals surface area contributed by atoms with Gasteiger partial charge in [0.05, 0.1) is 23.3 Å². The number of rotatable bonds is 7. The number of halogens is 1. The minimum atomic E-state index is -3.78. The topological polar surface area (TPSA) is 92.8 Å². The maximum absolute atomic E-state index is 13.3. The van der Waals surface area contributed by atoms with Crippen molar-refractivity contribution in [1.29, 1.82) is 0 Å². The van der Waals surface area contributed by atoms with Crippen LogP contribution in [0.25, 0.3) is 0 Å². The standard InChI is InChI=1S/C27H27ClN2O5S/c1-18-12-14-30(15-13-18)36(33,34)21-9-11-25(35-2)23(17-21)27(32)29-24-10-8-20(28)16-22(24)26(31)19-6-4-3-5-7-19/h3-11,16-18H,12-15H2,1-2H3,(H,29,32). The molecule has 1 aliphatic heterocycles. The number of nitrogens with zero attached hydrogens (tertiary/aromatic N) is 1. The van der Waals surface area contributed by atoms with E-state index in [2.05, 4.69) is 12.2 Å². The van der Waals surface area contributed by atoms with E-state index in [-0.39, 0.29) is 33.2 Å². The number of ketones is 1. The number of ether oxygens (including phenoxy) is 1. The molecular formula is C27H27ClN2O5S. The number of anilines is 1. The first-order valence-corrected chi connectivity index (χ1v) is 13.4. The highest BCUT2D eigenvalue weighted by molar-refractivity contribution is 7.89. The molecule has 0 radical (unpaired) electrons. The minimum absolute atomic E-state index is 0.0136. The monoisotopic (exact) mass is 526 g/mol. The van der Waals surface area contributed by atoms with Crippen molar-refractivity contribution < 1.29 is 22.7 Å². The Bertz CT molecular complexity index is 1380. The van der Waals surface area contributed by atoms with Crippen LogP contribution in [-0.4, -0.2) is 44.6 Å². The Morgan fingerprint density at radius 2 is 1.67 bits per heavy atom. The van der Waals surface area contributed by atoms with E-state index in [1.165, 1.54) is 35.7 Å². The second-order valence-corrected chi connectivity index (χ2v) is 11.2. The molecule has 1 heterocycles. The highest BCUT2D eigenvalue weighted by Crippen LogP contribution is 2.29. The number of nitrogens with one attached hydrogen (secondary N) is 1. The molecule has 7 nitrogen and oxygen atoms in total. The SMILES string of the molecule is COc1ccc(S(=O)(=O)N2CCC(C)CC2)cc1C(=O)Nc1ccc(Cl)cc1C(=O)c1ccccc1. The molecule has 0 aromatic heterocycles. The summed E-state index contributed by atoms with van der Waals surface area (Å²) in [6.07, 6.45) is 1.58. The Kier molecular flexibility index (Phi) is 7.78. The number of methoxy groups -OCH3 is 1. The summed E-state index contributed by atoms with van der Waals surface area (Å²) in [6, 6.07) is 17.5. The molecule has 0 atom stereocenters. The third kappa shape index (κ3) is 5.46. The fraction of sp³-hybridized carbons (Fsp3) is 0.259. The molecule has 1 N–H and O–H groups in total. The summed E-state index contributed by atoms with van der Waals surface area (Å²) in [5.74, 6) is -0.235. The third-order valence-electron chi connectivity index (χ3n) is 6.31. The predicted octanol–water partition coefficient (Wildman–Crippen LogP) is 5.25. The van der Waals surface area contributed by atoms with Gasteiger partial charge in [-0.15, -0.1) is 0 Å². The molecule has 1 aliphatic rings. The lowest BCUT2D eigenvalue weighted by atomic mass is 10.0. The van der Waals surface area contributed by atoms with Crippen molar-refractivity contribution in [3.63, 3.8) is 0 Å². The Labute approximate surface area is 216 Å². The number of hydrogen-bond acceptors (Lipinski definition) is 5. The van der Waals surface area contributed by atoms with Crippen LogP contribution in [0, 0.1) is 5.92 Å². The number of benzene rings is 3. The zero-order valence-corrected chi connectivity index (χ0v) is 21.6. The average molecular weight is 527 g/mol. The summed E-state index contributed by atoms with van der Waals surface area (Å²) < 4.78 is 33.3. The Morgan fingerprint density at radius 1 is 0.972 bits per heavy atom. The second kappa shape index (κ2) is 10.8. The van der Waals surface area contributed by atoms with Crippen molar-refractivity contribution in [3.05, 3.63) is 88.4 Å². The molecule has 3 aromatic carbocycles. The molecular weight excluding hydrogens is 500 g/mol. The van der Waals surface area contributed by atoms with Crippen molar-refractivity contribution in [1.82, 2.24) is 4.31 Å². The van der Waals surface area contributed by atoms with E-state index < -0.39 is 15.9 Å². The molecule has 0 bridgehead atoms. The molecule has 0 saturated carbocycles. The van der Waals surface area contributed by atoms with Gasteiger partial charge in [-0.1, -0.05) is 48.9 Å². The van der Waals surface area contributed by atoms with Crippen LogP contribution in [0.5, 0.6) is 5.75 Å². The second-order valence-electron chi connectivity index (χ2n) is 8.79. The van der Waals surface area contributed by atoms with Crippen LogP contribution < -0.4 is 10.1 Å². The number of piperidine rings is 1. The van der Waals surface area contributed by atoms with Crippen LogP contribution in [0.4, 0.5) is 5.69 Å². The maximum Gasteiger partial charge on any atom is 0.259 e. The Hall–Kier alpha value is -3.20. The molecule has 9 heteroatoms. The number of carbonyl (C=O) groups is 2. The lowest BCUT2D eigenvalue weighted by molar-refractivity contribution is 0.102.